The van der Waals surface area contributed by atoms with Crippen molar-refractivity contribution < 1.29 is 9.59 Å². The predicted octanol–water partition coefficient (Wildman–Crippen LogP) is 1.36. The van der Waals surface area contributed by atoms with Crippen molar-refractivity contribution in [3.05, 3.63) is 24.0 Å². The normalized spacial score (nSPS) is 16.2. The lowest BCUT2D eigenvalue weighted by Gasteiger charge is -2.11. The van der Waals surface area contributed by atoms with Crippen molar-refractivity contribution in [2.75, 3.05) is 0 Å². The van der Waals surface area contributed by atoms with Crippen molar-refractivity contribution in [3.63, 3.8) is 0 Å². The van der Waals surface area contributed by atoms with Crippen molar-refractivity contribution in [3.8, 4) is 0 Å². The summed E-state index contributed by atoms with van der Waals surface area (Å²) in [5.41, 5.74) is 0.605. The van der Waals surface area contributed by atoms with Gasteiger partial charge in [0.15, 0.2) is 6.29 Å². The number of rotatable bonds is 4. The van der Waals surface area contributed by atoms with Crippen LogP contribution in [0.2, 0.25) is 0 Å². The molecule has 1 fully saturated rings. The third-order valence-electron chi connectivity index (χ3n) is 2.96. The van der Waals surface area contributed by atoms with E-state index in [4.69, 9.17) is 0 Å². The molecule has 0 radical (unpaired) electrons. The third kappa shape index (κ3) is 2.72. The topological polar surface area (TPSA) is 51.1 Å². The van der Waals surface area contributed by atoms with E-state index in [1.54, 1.807) is 23.0 Å². The molecule has 4 heteroatoms. The van der Waals surface area contributed by atoms with Crippen LogP contribution in [0.1, 0.15) is 36.0 Å². The lowest BCUT2D eigenvalue weighted by atomic mass is 10.2. The lowest BCUT2D eigenvalue weighted by molar-refractivity contribution is -0.122. The summed E-state index contributed by atoms with van der Waals surface area (Å²) in [6, 6.07) is 2.06. The Morgan fingerprint density at radius 1 is 1.50 bits per heavy atom. The highest BCUT2D eigenvalue weighted by atomic mass is 16.2. The summed E-state index contributed by atoms with van der Waals surface area (Å²) in [5.74, 6) is 0.0277. The minimum absolute atomic E-state index is 0.0277. The predicted molar refractivity (Wildman–Crippen MR) is 60.2 cm³/mol. The Balaban J connectivity index is 1.84. The maximum Gasteiger partial charge on any atom is 0.240 e. The van der Waals surface area contributed by atoms with Gasteiger partial charge in [0.05, 0.1) is 0 Å². The van der Waals surface area contributed by atoms with Gasteiger partial charge in [-0.05, 0) is 18.9 Å². The second-order valence-electron chi connectivity index (χ2n) is 4.28. The number of nitrogens with one attached hydrogen (secondary N) is 1. The van der Waals surface area contributed by atoms with Crippen LogP contribution in [0.4, 0.5) is 0 Å². The van der Waals surface area contributed by atoms with Gasteiger partial charge in [-0.25, -0.2) is 0 Å². The number of carbonyl (C=O) groups excluding carboxylic acids is 2. The van der Waals surface area contributed by atoms with Crippen LogP contribution in [0.5, 0.6) is 0 Å². The monoisotopic (exact) mass is 220 g/mol. The number of aldehydes is 1. The molecule has 1 saturated carbocycles. The maximum absolute atomic E-state index is 11.6. The smallest absolute Gasteiger partial charge is 0.240 e. The first-order valence-corrected chi connectivity index (χ1v) is 5.68. The molecule has 0 aromatic carbocycles. The zero-order chi connectivity index (χ0) is 11.4. The molecule has 0 spiro atoms. The van der Waals surface area contributed by atoms with Gasteiger partial charge in [-0.2, -0.15) is 0 Å². The van der Waals surface area contributed by atoms with E-state index < -0.39 is 0 Å². The summed E-state index contributed by atoms with van der Waals surface area (Å²) in [6.45, 7) is 0.296. The summed E-state index contributed by atoms with van der Waals surface area (Å²) < 4.78 is 1.73. The molecule has 1 aromatic rings. The van der Waals surface area contributed by atoms with E-state index in [0.29, 0.717) is 18.2 Å². The van der Waals surface area contributed by atoms with E-state index >= 15 is 0 Å². The molecule has 2 rings (SSSR count). The summed E-state index contributed by atoms with van der Waals surface area (Å²) in [7, 11) is 0. The number of hydrogen-bond donors (Lipinski definition) is 1. The van der Waals surface area contributed by atoms with Gasteiger partial charge in [0.25, 0.3) is 0 Å². The largest absolute Gasteiger partial charge is 0.352 e. The van der Waals surface area contributed by atoms with Crippen LogP contribution in [0.25, 0.3) is 0 Å². The molecule has 1 aliphatic carbocycles. The molecule has 16 heavy (non-hydrogen) atoms. The highest BCUT2D eigenvalue weighted by Gasteiger charge is 2.16. The van der Waals surface area contributed by atoms with E-state index in [0.717, 1.165) is 19.1 Å². The van der Waals surface area contributed by atoms with Crippen molar-refractivity contribution in [1.82, 2.24) is 9.88 Å². The van der Waals surface area contributed by atoms with Crippen LogP contribution in [0.15, 0.2) is 18.5 Å². The Hall–Kier alpha value is -1.58. The average molecular weight is 220 g/mol. The number of aromatic nitrogens is 1. The van der Waals surface area contributed by atoms with Crippen LogP contribution in [0.3, 0.4) is 0 Å². The molecular formula is C12H16N2O2. The van der Waals surface area contributed by atoms with Crippen molar-refractivity contribution in [2.24, 2.45) is 0 Å². The van der Waals surface area contributed by atoms with Crippen LogP contribution < -0.4 is 5.32 Å². The third-order valence-corrected chi connectivity index (χ3v) is 2.96. The second kappa shape index (κ2) is 4.96. The molecule has 1 aliphatic rings. The van der Waals surface area contributed by atoms with Gasteiger partial charge in [0, 0.05) is 24.0 Å². The van der Waals surface area contributed by atoms with E-state index in [2.05, 4.69) is 5.32 Å². The molecule has 1 aromatic heterocycles. The second-order valence-corrected chi connectivity index (χ2v) is 4.28. The van der Waals surface area contributed by atoms with Crippen LogP contribution >= 0.6 is 0 Å². The summed E-state index contributed by atoms with van der Waals surface area (Å²) in [4.78, 5) is 22.1. The Bertz CT molecular complexity index is 378. The molecule has 86 valence electrons. The quantitative estimate of drug-likeness (QED) is 0.779. The Labute approximate surface area is 94.6 Å². The maximum atomic E-state index is 11.6. The number of carbonyl (C=O) groups is 2. The first-order chi connectivity index (χ1) is 7.78. The first kappa shape index (κ1) is 10.9. The molecule has 0 saturated heterocycles. The number of nitrogens with zero attached hydrogens (tertiary/aromatic N) is 1. The Morgan fingerprint density at radius 2 is 2.25 bits per heavy atom. The molecular weight excluding hydrogens is 204 g/mol. The fourth-order valence-corrected chi connectivity index (χ4v) is 2.14. The number of amides is 1. The van der Waals surface area contributed by atoms with E-state index in [9.17, 15) is 9.59 Å². The highest BCUT2D eigenvalue weighted by molar-refractivity contribution is 5.77. The molecule has 0 unspecified atom stereocenters. The van der Waals surface area contributed by atoms with Gasteiger partial charge in [-0.15, -0.1) is 0 Å². The fourth-order valence-electron chi connectivity index (χ4n) is 2.14. The van der Waals surface area contributed by atoms with Crippen molar-refractivity contribution in [2.45, 2.75) is 38.3 Å². The minimum Gasteiger partial charge on any atom is -0.352 e. The zero-order valence-electron chi connectivity index (χ0n) is 9.19. The molecule has 1 N–H and O–H groups in total. The Kier molecular flexibility index (Phi) is 3.39. The molecule has 0 aliphatic heterocycles. The van der Waals surface area contributed by atoms with Crippen LogP contribution in [-0.4, -0.2) is 22.8 Å². The van der Waals surface area contributed by atoms with E-state index in [1.165, 1.54) is 12.8 Å². The van der Waals surface area contributed by atoms with Gasteiger partial charge in [0.1, 0.15) is 6.54 Å². The van der Waals surface area contributed by atoms with Crippen LogP contribution in [0, 0.1) is 0 Å². The molecule has 0 atom stereocenters. The van der Waals surface area contributed by atoms with Crippen molar-refractivity contribution >= 4 is 12.2 Å². The van der Waals surface area contributed by atoms with Crippen LogP contribution in [-0.2, 0) is 11.3 Å². The lowest BCUT2D eigenvalue weighted by Crippen LogP contribution is -2.34. The zero-order valence-corrected chi connectivity index (χ0v) is 9.19. The van der Waals surface area contributed by atoms with E-state index in [1.807, 2.05) is 0 Å². The van der Waals surface area contributed by atoms with Gasteiger partial charge in [0.2, 0.25) is 5.91 Å². The van der Waals surface area contributed by atoms with E-state index in [-0.39, 0.29) is 5.91 Å². The molecule has 0 bridgehead atoms. The Morgan fingerprint density at radius 3 is 2.88 bits per heavy atom. The summed E-state index contributed by atoms with van der Waals surface area (Å²) >= 11 is 0. The van der Waals surface area contributed by atoms with Gasteiger partial charge < -0.3 is 9.88 Å². The molecule has 1 heterocycles. The highest BCUT2D eigenvalue weighted by Crippen LogP contribution is 2.17. The average Bonchev–Trinajstić information content (AvgIpc) is 2.89. The first-order valence-electron chi connectivity index (χ1n) is 5.68. The summed E-state index contributed by atoms with van der Waals surface area (Å²) in [5, 5.41) is 3.01. The fraction of sp³-hybridized carbons (Fsp3) is 0.500. The summed E-state index contributed by atoms with van der Waals surface area (Å²) in [6.07, 6.45) is 8.83. The van der Waals surface area contributed by atoms with Gasteiger partial charge in [-0.1, -0.05) is 12.8 Å². The molecule has 4 nitrogen and oxygen atoms in total. The van der Waals surface area contributed by atoms with Gasteiger partial charge in [-0.3, -0.25) is 9.59 Å². The minimum atomic E-state index is 0.0277. The number of hydrogen-bond acceptors (Lipinski definition) is 2. The van der Waals surface area contributed by atoms with Gasteiger partial charge >= 0.3 is 0 Å². The van der Waals surface area contributed by atoms with Crippen molar-refractivity contribution in [1.29, 1.82) is 0 Å². The molecule has 1 amide bonds. The SMILES string of the molecule is O=Cc1ccn(CC(=O)NC2CCCC2)c1. The standard InChI is InChI=1S/C12H16N2O2/c15-9-10-5-6-14(7-10)8-12(16)13-11-3-1-2-4-11/h5-7,9,11H,1-4,8H2,(H,13,16).